The summed E-state index contributed by atoms with van der Waals surface area (Å²) >= 11 is 1.11. The van der Waals surface area contributed by atoms with Crippen LogP contribution in [0.1, 0.15) is 6.92 Å². The van der Waals surface area contributed by atoms with Gasteiger partial charge in [-0.3, -0.25) is 0 Å². The first-order valence-corrected chi connectivity index (χ1v) is 11.4. The number of Topliss-reactive ketones (excluding diaryl/α,β-unsaturated/α-hetero) is 1. The number of rotatable bonds is 1. The molecule has 0 aromatic heterocycles. The molecule has 56 valence electrons. The molecule has 0 unspecified atom stereocenters. The Kier molecular flexibility index (Phi) is 3.28. The Labute approximate surface area is 76.7 Å². The van der Waals surface area contributed by atoms with E-state index >= 15 is 0 Å². The van der Waals surface area contributed by atoms with Gasteiger partial charge in [0.2, 0.25) is 0 Å². The minimum atomic E-state index is -1.24. The molecular weight excluding hydrogens is 356 g/mol. The monoisotopic (exact) mass is 363 g/mol. The summed E-state index contributed by atoms with van der Waals surface area (Å²) in [6, 6.07) is 0. The maximum absolute atomic E-state index is 10.9. The number of aliphatic imine (C=N–C) groups is 1. The molecule has 0 bridgehead atoms. The van der Waals surface area contributed by atoms with E-state index in [2.05, 4.69) is 27.7 Å². The zero-order valence-electron chi connectivity index (χ0n) is 5.47. The number of carbonyl (C=O) groups excluding carboxylic acids is 1. The molecule has 1 rings (SSSR count). The third-order valence-corrected chi connectivity index (χ3v) is 8.63. The molecule has 0 aliphatic carbocycles. The molecule has 0 amide bonds. The van der Waals surface area contributed by atoms with E-state index in [9.17, 15) is 4.79 Å². The van der Waals surface area contributed by atoms with Crippen molar-refractivity contribution in [2.75, 3.05) is 6.54 Å². The number of halogens is 2. The molecule has 4 heteroatoms. The molecule has 0 fully saturated rings. The van der Waals surface area contributed by atoms with Crippen molar-refractivity contribution in [2.24, 2.45) is 4.99 Å². The van der Waals surface area contributed by atoms with Crippen LogP contribution in [0.3, 0.4) is 0 Å². The van der Waals surface area contributed by atoms with Gasteiger partial charge in [-0.1, -0.05) is 0 Å². The Bertz CT molecular complexity index is 210. The second-order valence-electron chi connectivity index (χ2n) is 1.81. The number of carbonyl (C=O) groups is 1. The number of ketones is 1. The second kappa shape index (κ2) is 3.80. The van der Waals surface area contributed by atoms with Crippen LogP contribution >= 0.6 is 34.5 Å². The van der Waals surface area contributed by atoms with E-state index in [1.165, 1.54) is 0 Å². The van der Waals surface area contributed by atoms with Gasteiger partial charge >= 0.3 is 77.4 Å². The first-order valence-electron chi connectivity index (χ1n) is 2.79. The summed E-state index contributed by atoms with van der Waals surface area (Å²) in [5.41, 5.74) is 0. The number of hydrogen-bond donors (Lipinski definition) is 0. The minimum absolute atomic E-state index is 0.156. The van der Waals surface area contributed by atoms with Crippen LogP contribution in [0.25, 0.3) is 0 Å². The van der Waals surface area contributed by atoms with E-state index in [1.807, 2.05) is 6.08 Å². The summed E-state index contributed by atoms with van der Waals surface area (Å²) in [6.45, 7) is 2.30. The summed E-state index contributed by atoms with van der Waals surface area (Å²) in [5.74, 6) is 0.156. The van der Waals surface area contributed by atoms with E-state index in [0.717, 1.165) is 3.72 Å². The Morgan fingerprint density at radius 2 is 2.60 bits per heavy atom. The summed E-state index contributed by atoms with van der Waals surface area (Å²) in [6.07, 6.45) is 2.05. The molecule has 10 heavy (non-hydrogen) atoms. The molecule has 2 nitrogen and oxygen atoms in total. The van der Waals surface area contributed by atoms with E-state index in [1.54, 1.807) is 6.92 Å². The molecule has 0 atom stereocenters. The third kappa shape index (κ3) is 2.01. The van der Waals surface area contributed by atoms with E-state index in [0.29, 0.717) is 6.54 Å². The quantitative estimate of drug-likeness (QED) is 0.658. The Hall–Kier alpha value is 0.540. The van der Waals surface area contributed by atoms with Crippen molar-refractivity contribution in [1.29, 1.82) is 0 Å². The van der Waals surface area contributed by atoms with Crippen LogP contribution < -0.4 is 0 Å². The van der Waals surface area contributed by atoms with Crippen molar-refractivity contribution in [3.05, 3.63) is 10.2 Å². The zero-order valence-corrected chi connectivity index (χ0v) is 9.79. The van der Waals surface area contributed by atoms with Crippen LogP contribution in [0, 0.1) is 0 Å². The molecule has 0 aromatic rings. The Balaban J connectivity index is 2.76. The summed E-state index contributed by atoms with van der Waals surface area (Å²) in [5, 5.41) is 0. The van der Waals surface area contributed by atoms with Crippen LogP contribution in [0.4, 0.5) is 0 Å². The van der Waals surface area contributed by atoms with Crippen LogP contribution in [-0.4, -0.2) is 16.0 Å². The first-order chi connectivity index (χ1) is 4.72. The molecule has 0 N–H and O–H groups in total. The molecule has 0 saturated heterocycles. The summed E-state index contributed by atoms with van der Waals surface area (Å²) < 4.78 is 3.01. The van der Waals surface area contributed by atoms with Crippen LogP contribution in [-0.2, 0) is 4.79 Å². The van der Waals surface area contributed by atoms with Crippen molar-refractivity contribution in [3.63, 3.8) is 0 Å². The zero-order chi connectivity index (χ0) is 7.56. The van der Waals surface area contributed by atoms with Gasteiger partial charge in [-0.15, -0.1) is 0 Å². The Morgan fingerprint density at radius 3 is 3.00 bits per heavy atom. The van der Waals surface area contributed by atoms with Crippen LogP contribution in [0.15, 0.2) is 15.2 Å². The normalized spacial score (nSPS) is 20.6. The van der Waals surface area contributed by atoms with Crippen molar-refractivity contribution >= 4 is 44.0 Å². The fourth-order valence-corrected chi connectivity index (χ4v) is 6.95. The molecular formula is C6H7I2NO. The molecule has 1 aliphatic heterocycles. The van der Waals surface area contributed by atoms with Crippen LogP contribution in [0.5, 0.6) is 0 Å². The topological polar surface area (TPSA) is 29.4 Å². The van der Waals surface area contributed by atoms with Gasteiger partial charge in [0.05, 0.1) is 0 Å². The fraction of sp³-hybridized carbons (Fsp3) is 0.333. The predicted octanol–water partition coefficient (Wildman–Crippen LogP) is 2.36. The average Bonchev–Trinajstić information content (AvgIpc) is 1.88. The summed E-state index contributed by atoms with van der Waals surface area (Å²) in [4.78, 5) is 15.0. The standard InChI is InChI=1S/C6H7I2NO/c1-5(10)6-8(7)3-2-4-9-6/h2-3H,4H2,1H3. The number of nitrogens with zero attached hydrogens (tertiary/aromatic N) is 1. The SMILES string of the molecule is CC(=O)C1=NCC=CI1I. The van der Waals surface area contributed by atoms with Gasteiger partial charge in [-0.2, -0.15) is 0 Å². The van der Waals surface area contributed by atoms with Gasteiger partial charge in [-0.05, 0) is 0 Å². The third-order valence-electron chi connectivity index (χ3n) is 0.997. The first kappa shape index (κ1) is 8.63. The van der Waals surface area contributed by atoms with Crippen molar-refractivity contribution in [3.8, 4) is 0 Å². The van der Waals surface area contributed by atoms with E-state index in [4.69, 9.17) is 0 Å². The predicted molar refractivity (Wildman–Crippen MR) is 60.2 cm³/mol. The van der Waals surface area contributed by atoms with Crippen molar-refractivity contribution < 1.29 is 4.79 Å². The fourth-order valence-electron chi connectivity index (χ4n) is 0.606. The van der Waals surface area contributed by atoms with Gasteiger partial charge in [0.1, 0.15) is 0 Å². The van der Waals surface area contributed by atoms with E-state index < -0.39 is 15.8 Å². The molecule has 0 saturated carbocycles. The molecule has 0 spiro atoms. The summed E-state index contributed by atoms with van der Waals surface area (Å²) in [7, 11) is 0. The molecule has 0 radical (unpaired) electrons. The number of hydrogen-bond acceptors (Lipinski definition) is 2. The van der Waals surface area contributed by atoms with Gasteiger partial charge < -0.3 is 0 Å². The van der Waals surface area contributed by atoms with Crippen LogP contribution in [0.2, 0.25) is 0 Å². The maximum atomic E-state index is 10.9. The van der Waals surface area contributed by atoms with E-state index in [-0.39, 0.29) is 5.78 Å². The molecule has 1 heterocycles. The van der Waals surface area contributed by atoms with Gasteiger partial charge in [-0.25, -0.2) is 0 Å². The molecule has 0 aromatic carbocycles. The Morgan fingerprint density at radius 1 is 1.90 bits per heavy atom. The van der Waals surface area contributed by atoms with Gasteiger partial charge in [0.15, 0.2) is 0 Å². The van der Waals surface area contributed by atoms with Crippen molar-refractivity contribution in [1.82, 2.24) is 0 Å². The van der Waals surface area contributed by atoms with Crippen molar-refractivity contribution in [2.45, 2.75) is 6.92 Å². The molecule has 1 aliphatic rings. The van der Waals surface area contributed by atoms with Gasteiger partial charge in [0, 0.05) is 0 Å². The second-order valence-corrected chi connectivity index (χ2v) is 10.9. The average molecular weight is 363 g/mol. The van der Waals surface area contributed by atoms with Gasteiger partial charge in [0.25, 0.3) is 0 Å².